The van der Waals surface area contributed by atoms with E-state index in [0.29, 0.717) is 4.88 Å². The number of amides is 1. The molecule has 0 saturated heterocycles. The first-order chi connectivity index (χ1) is 8.90. The molecule has 0 spiro atoms. The van der Waals surface area contributed by atoms with E-state index >= 15 is 0 Å². The van der Waals surface area contributed by atoms with Crippen LogP contribution in [0.3, 0.4) is 0 Å². The van der Waals surface area contributed by atoms with Gasteiger partial charge in [0.1, 0.15) is 6.04 Å². The maximum Gasteiger partial charge on any atom is 0.328 e. The minimum absolute atomic E-state index is 0.0403. The molecule has 1 aromatic heterocycles. The molecule has 2 atom stereocenters. The maximum atomic E-state index is 12.2. The Morgan fingerprint density at radius 2 is 2.05 bits per heavy atom. The number of carbonyl (C=O) groups is 2. The summed E-state index contributed by atoms with van der Waals surface area (Å²) in [5.74, 6) is -0.567. The lowest BCUT2D eigenvalue weighted by molar-refractivity contribution is -0.144. The average molecular weight is 283 g/mol. The van der Waals surface area contributed by atoms with Gasteiger partial charge in [0, 0.05) is 4.88 Å². The van der Waals surface area contributed by atoms with E-state index in [9.17, 15) is 9.59 Å². The summed E-state index contributed by atoms with van der Waals surface area (Å²) in [5, 5.41) is 2.77. The van der Waals surface area contributed by atoms with Crippen molar-refractivity contribution in [3.05, 3.63) is 21.4 Å². The SMILES string of the molecule is CCC(C)C(NC(=O)c1cc(C)c(C)s1)C(=O)OC. The molecule has 0 fully saturated rings. The fourth-order valence-electron chi connectivity index (χ4n) is 1.69. The normalized spacial score (nSPS) is 13.7. The highest BCUT2D eigenvalue weighted by Gasteiger charge is 2.27. The molecule has 1 heterocycles. The molecular formula is C14H21NO3S. The highest BCUT2D eigenvalue weighted by atomic mass is 32.1. The number of hydrogen-bond acceptors (Lipinski definition) is 4. The first-order valence-electron chi connectivity index (χ1n) is 6.36. The second kappa shape index (κ2) is 6.70. The van der Waals surface area contributed by atoms with Crippen molar-refractivity contribution in [2.75, 3.05) is 7.11 Å². The zero-order chi connectivity index (χ0) is 14.6. The molecule has 0 radical (unpaired) electrons. The predicted octanol–water partition coefficient (Wildman–Crippen LogP) is 2.68. The Labute approximate surface area is 118 Å². The van der Waals surface area contributed by atoms with Crippen molar-refractivity contribution in [2.24, 2.45) is 5.92 Å². The van der Waals surface area contributed by atoms with E-state index < -0.39 is 12.0 Å². The van der Waals surface area contributed by atoms with E-state index in [-0.39, 0.29) is 11.8 Å². The lowest BCUT2D eigenvalue weighted by Crippen LogP contribution is -2.45. The Balaban J connectivity index is 2.84. The summed E-state index contributed by atoms with van der Waals surface area (Å²) in [6.07, 6.45) is 0.794. The molecule has 1 aromatic rings. The largest absolute Gasteiger partial charge is 0.467 e. The number of aryl methyl sites for hydroxylation is 2. The van der Waals surface area contributed by atoms with Crippen molar-refractivity contribution in [3.63, 3.8) is 0 Å². The van der Waals surface area contributed by atoms with Gasteiger partial charge in [-0.05, 0) is 31.4 Å². The number of methoxy groups -OCH3 is 1. The van der Waals surface area contributed by atoms with Gasteiger partial charge in [-0.3, -0.25) is 4.79 Å². The molecule has 1 rings (SSSR count). The first kappa shape index (κ1) is 15.7. The number of rotatable bonds is 5. The van der Waals surface area contributed by atoms with E-state index in [0.717, 1.165) is 16.9 Å². The van der Waals surface area contributed by atoms with Crippen molar-refractivity contribution in [3.8, 4) is 0 Å². The fraction of sp³-hybridized carbons (Fsp3) is 0.571. The van der Waals surface area contributed by atoms with Crippen LogP contribution in [0, 0.1) is 19.8 Å². The number of carbonyl (C=O) groups excluding carboxylic acids is 2. The van der Waals surface area contributed by atoms with Crippen LogP contribution in [0.25, 0.3) is 0 Å². The molecule has 0 aliphatic rings. The van der Waals surface area contributed by atoms with Crippen LogP contribution in [-0.2, 0) is 9.53 Å². The van der Waals surface area contributed by atoms with Gasteiger partial charge in [-0.25, -0.2) is 4.79 Å². The van der Waals surface area contributed by atoms with Crippen molar-refractivity contribution in [1.29, 1.82) is 0 Å². The fourth-order valence-corrected chi connectivity index (χ4v) is 2.63. The third-order valence-corrected chi connectivity index (χ3v) is 4.50. The predicted molar refractivity (Wildman–Crippen MR) is 76.5 cm³/mol. The lowest BCUT2D eigenvalue weighted by Gasteiger charge is -2.21. The third-order valence-electron chi connectivity index (χ3n) is 3.34. The van der Waals surface area contributed by atoms with Crippen molar-refractivity contribution in [2.45, 2.75) is 40.2 Å². The maximum absolute atomic E-state index is 12.2. The van der Waals surface area contributed by atoms with Gasteiger partial charge >= 0.3 is 5.97 Å². The molecule has 0 aliphatic heterocycles. The van der Waals surface area contributed by atoms with Crippen LogP contribution in [0.2, 0.25) is 0 Å². The van der Waals surface area contributed by atoms with Crippen LogP contribution < -0.4 is 5.32 Å². The average Bonchev–Trinajstić information content (AvgIpc) is 2.74. The Bertz CT molecular complexity index is 448. The van der Waals surface area contributed by atoms with Gasteiger partial charge in [0.25, 0.3) is 5.91 Å². The topological polar surface area (TPSA) is 55.4 Å². The molecule has 0 aliphatic carbocycles. The summed E-state index contributed by atoms with van der Waals surface area (Å²) < 4.78 is 4.75. The Hall–Kier alpha value is -1.36. The van der Waals surface area contributed by atoms with E-state index in [4.69, 9.17) is 4.74 Å². The van der Waals surface area contributed by atoms with Crippen LogP contribution >= 0.6 is 11.3 Å². The first-order valence-corrected chi connectivity index (χ1v) is 7.18. The van der Waals surface area contributed by atoms with Gasteiger partial charge in [0.05, 0.1) is 12.0 Å². The van der Waals surface area contributed by atoms with Gasteiger partial charge in [-0.1, -0.05) is 20.3 Å². The monoisotopic (exact) mass is 283 g/mol. The molecule has 106 valence electrons. The van der Waals surface area contributed by atoms with E-state index in [1.54, 1.807) is 0 Å². The molecule has 5 heteroatoms. The van der Waals surface area contributed by atoms with Gasteiger partial charge in [0.15, 0.2) is 0 Å². The van der Waals surface area contributed by atoms with E-state index in [1.807, 2.05) is 33.8 Å². The van der Waals surface area contributed by atoms with Crippen molar-refractivity contribution in [1.82, 2.24) is 5.32 Å². The number of esters is 1. The minimum Gasteiger partial charge on any atom is -0.467 e. The van der Waals surface area contributed by atoms with E-state index in [2.05, 4.69) is 5.32 Å². The second-order valence-corrected chi connectivity index (χ2v) is 5.97. The second-order valence-electron chi connectivity index (χ2n) is 4.71. The third kappa shape index (κ3) is 3.80. The zero-order valence-electron chi connectivity index (χ0n) is 12.1. The smallest absolute Gasteiger partial charge is 0.328 e. The van der Waals surface area contributed by atoms with Crippen LogP contribution in [-0.4, -0.2) is 25.0 Å². The van der Waals surface area contributed by atoms with Crippen LogP contribution in [0.15, 0.2) is 6.07 Å². The number of hydrogen-bond donors (Lipinski definition) is 1. The molecule has 2 unspecified atom stereocenters. The lowest BCUT2D eigenvalue weighted by atomic mass is 9.99. The summed E-state index contributed by atoms with van der Waals surface area (Å²) in [4.78, 5) is 25.6. The van der Waals surface area contributed by atoms with Crippen LogP contribution in [0.5, 0.6) is 0 Å². The Kier molecular flexibility index (Phi) is 5.54. The summed E-state index contributed by atoms with van der Waals surface area (Å²) in [5.41, 5.74) is 1.09. The highest BCUT2D eigenvalue weighted by molar-refractivity contribution is 7.14. The van der Waals surface area contributed by atoms with Crippen LogP contribution in [0.1, 0.15) is 40.4 Å². The standard InChI is InChI=1S/C14H21NO3S/c1-6-8(2)12(14(17)18-5)15-13(16)11-7-9(3)10(4)19-11/h7-8,12H,6H2,1-5H3,(H,15,16). The highest BCUT2D eigenvalue weighted by Crippen LogP contribution is 2.21. The van der Waals surface area contributed by atoms with Crippen molar-refractivity contribution < 1.29 is 14.3 Å². The molecule has 0 saturated carbocycles. The van der Waals surface area contributed by atoms with Crippen molar-refractivity contribution >= 4 is 23.2 Å². The molecule has 0 aromatic carbocycles. The summed E-state index contributed by atoms with van der Waals surface area (Å²) >= 11 is 1.44. The number of nitrogens with one attached hydrogen (secondary N) is 1. The number of thiophene rings is 1. The quantitative estimate of drug-likeness (QED) is 0.845. The Morgan fingerprint density at radius 3 is 2.47 bits per heavy atom. The van der Waals surface area contributed by atoms with Crippen LogP contribution in [0.4, 0.5) is 0 Å². The van der Waals surface area contributed by atoms with Gasteiger partial charge < -0.3 is 10.1 Å². The molecule has 19 heavy (non-hydrogen) atoms. The summed E-state index contributed by atoms with van der Waals surface area (Å²) in [7, 11) is 1.34. The Morgan fingerprint density at radius 1 is 1.42 bits per heavy atom. The summed E-state index contributed by atoms with van der Waals surface area (Å²) in [6.45, 7) is 7.84. The van der Waals surface area contributed by atoms with Gasteiger partial charge in [-0.2, -0.15) is 0 Å². The van der Waals surface area contributed by atoms with E-state index in [1.165, 1.54) is 18.4 Å². The molecule has 1 N–H and O–H groups in total. The minimum atomic E-state index is -0.592. The van der Waals surface area contributed by atoms with Gasteiger partial charge in [0.2, 0.25) is 0 Å². The van der Waals surface area contributed by atoms with Gasteiger partial charge in [-0.15, -0.1) is 11.3 Å². The molecule has 1 amide bonds. The summed E-state index contributed by atoms with van der Waals surface area (Å²) in [6, 6.07) is 1.26. The molecular weight excluding hydrogens is 262 g/mol. The zero-order valence-corrected chi connectivity index (χ0v) is 12.9. The molecule has 0 bridgehead atoms. The molecule has 4 nitrogen and oxygen atoms in total. The number of ether oxygens (including phenoxy) is 1.